The fraction of sp³-hybridized carbons (Fsp3) is 0.400. The number of benzene rings is 1. The number of hydrogen-bond acceptors (Lipinski definition) is 9. The zero-order valence-electron chi connectivity index (χ0n) is 17.4. The van der Waals surface area contributed by atoms with Crippen LogP contribution in [0.2, 0.25) is 0 Å². The molecule has 1 saturated heterocycles. The van der Waals surface area contributed by atoms with Gasteiger partial charge in [0.05, 0.1) is 48.0 Å². The van der Waals surface area contributed by atoms with Gasteiger partial charge in [-0.3, -0.25) is 34.3 Å². The van der Waals surface area contributed by atoms with Gasteiger partial charge in [-0.05, 0) is 6.07 Å². The van der Waals surface area contributed by atoms with Crippen molar-refractivity contribution in [3.8, 4) is 0 Å². The second-order valence-electron chi connectivity index (χ2n) is 7.55. The van der Waals surface area contributed by atoms with Gasteiger partial charge in [0.15, 0.2) is 0 Å². The van der Waals surface area contributed by atoms with Crippen molar-refractivity contribution in [1.82, 2.24) is 19.7 Å². The molecule has 4 rings (SSSR count). The zero-order valence-corrected chi connectivity index (χ0v) is 18.2. The molecule has 0 radical (unpaired) electrons. The number of morpholine rings is 1. The number of thiazole rings is 1. The minimum absolute atomic E-state index is 0.0586. The summed E-state index contributed by atoms with van der Waals surface area (Å²) in [5.41, 5.74) is 0.439. The van der Waals surface area contributed by atoms with Gasteiger partial charge in [0, 0.05) is 37.6 Å². The molecule has 168 valence electrons. The van der Waals surface area contributed by atoms with Crippen molar-refractivity contribution >= 4 is 34.7 Å². The van der Waals surface area contributed by atoms with Crippen LogP contribution in [0.15, 0.2) is 23.6 Å². The normalized spacial score (nSPS) is 16.3. The molecule has 1 aromatic heterocycles. The number of carbonyl (C=O) groups excluding carboxylic acids is 3. The maximum Gasteiger partial charge on any atom is 0.270 e. The highest BCUT2D eigenvalue weighted by molar-refractivity contribution is 7.09. The number of nitro groups is 1. The molecule has 0 unspecified atom stereocenters. The van der Waals surface area contributed by atoms with Gasteiger partial charge in [-0.1, -0.05) is 0 Å². The van der Waals surface area contributed by atoms with Gasteiger partial charge in [-0.25, -0.2) is 4.98 Å². The monoisotopic (exact) mass is 459 g/mol. The molecule has 0 spiro atoms. The van der Waals surface area contributed by atoms with Crippen LogP contribution in [-0.2, 0) is 22.6 Å². The molecule has 2 aliphatic rings. The Morgan fingerprint density at radius 2 is 1.97 bits per heavy atom. The Bertz CT molecular complexity index is 1080. The number of nitro benzene ring substituents is 1. The summed E-state index contributed by atoms with van der Waals surface area (Å²) in [6.07, 6.45) is 0. The zero-order chi connectivity index (χ0) is 22.8. The predicted molar refractivity (Wildman–Crippen MR) is 113 cm³/mol. The summed E-state index contributed by atoms with van der Waals surface area (Å²) in [4.78, 5) is 57.1. The third kappa shape index (κ3) is 4.52. The predicted octanol–water partition coefficient (Wildman–Crippen LogP) is 1.14. The van der Waals surface area contributed by atoms with Crippen LogP contribution in [0, 0.1) is 10.1 Å². The van der Waals surface area contributed by atoms with Gasteiger partial charge in [0.2, 0.25) is 5.91 Å². The van der Waals surface area contributed by atoms with E-state index in [1.807, 2.05) is 5.38 Å². The fourth-order valence-electron chi connectivity index (χ4n) is 3.57. The SMILES string of the molecule is CN(Cc1csc(CN2CCOCC2)n1)C(=O)CN1C(=O)c2ccc([N+](=O)[O-])cc2C1=O. The first-order valence-electron chi connectivity index (χ1n) is 9.95. The third-order valence-electron chi connectivity index (χ3n) is 5.35. The van der Waals surface area contributed by atoms with Gasteiger partial charge in [0.1, 0.15) is 11.6 Å². The Hall–Kier alpha value is -3.22. The Labute approximate surface area is 187 Å². The standard InChI is InChI=1S/C20H21N5O6S/c1-22(9-13-12-32-17(21-13)10-23-4-6-31-7-5-23)18(26)11-24-19(27)15-3-2-14(25(29)30)8-16(15)20(24)28/h2-3,8,12H,4-7,9-11H2,1H3. The van der Waals surface area contributed by atoms with E-state index in [1.165, 1.54) is 22.3 Å². The van der Waals surface area contributed by atoms with Crippen LogP contribution < -0.4 is 0 Å². The summed E-state index contributed by atoms with van der Waals surface area (Å²) in [7, 11) is 1.58. The Balaban J connectivity index is 1.36. The van der Waals surface area contributed by atoms with E-state index in [-0.39, 0.29) is 23.4 Å². The van der Waals surface area contributed by atoms with Crippen LogP contribution in [0.1, 0.15) is 31.4 Å². The molecular weight excluding hydrogens is 438 g/mol. The number of fused-ring (bicyclic) bond motifs is 1. The molecule has 2 aromatic rings. The van der Waals surface area contributed by atoms with E-state index < -0.39 is 29.2 Å². The van der Waals surface area contributed by atoms with Crippen LogP contribution in [0.25, 0.3) is 0 Å². The van der Waals surface area contributed by atoms with E-state index in [1.54, 1.807) is 7.05 Å². The lowest BCUT2D eigenvalue weighted by Gasteiger charge is -2.25. The lowest BCUT2D eigenvalue weighted by atomic mass is 10.1. The highest BCUT2D eigenvalue weighted by Crippen LogP contribution is 2.26. The highest BCUT2D eigenvalue weighted by Gasteiger charge is 2.38. The summed E-state index contributed by atoms with van der Waals surface area (Å²) in [6, 6.07) is 3.47. The highest BCUT2D eigenvalue weighted by atomic mass is 32.1. The number of ether oxygens (including phenoxy) is 1. The van der Waals surface area contributed by atoms with Crippen molar-refractivity contribution in [2.75, 3.05) is 39.9 Å². The number of hydrogen-bond donors (Lipinski definition) is 0. The summed E-state index contributed by atoms with van der Waals surface area (Å²) in [6.45, 7) is 3.66. The maximum absolute atomic E-state index is 12.7. The summed E-state index contributed by atoms with van der Waals surface area (Å²) >= 11 is 1.52. The van der Waals surface area contributed by atoms with Gasteiger partial charge in [0.25, 0.3) is 17.5 Å². The van der Waals surface area contributed by atoms with Crippen LogP contribution in [0.3, 0.4) is 0 Å². The Morgan fingerprint density at radius 3 is 2.69 bits per heavy atom. The molecule has 3 heterocycles. The average molecular weight is 459 g/mol. The quantitative estimate of drug-likeness (QED) is 0.343. The molecule has 32 heavy (non-hydrogen) atoms. The topological polar surface area (TPSA) is 126 Å². The number of non-ortho nitro benzene ring substituents is 1. The molecule has 3 amide bonds. The second kappa shape index (κ2) is 9.10. The third-order valence-corrected chi connectivity index (χ3v) is 6.23. The first kappa shape index (κ1) is 22.0. The first-order valence-corrected chi connectivity index (χ1v) is 10.8. The number of rotatable bonds is 7. The van der Waals surface area contributed by atoms with Crippen LogP contribution in [-0.4, -0.2) is 82.2 Å². The van der Waals surface area contributed by atoms with Crippen LogP contribution in [0.4, 0.5) is 5.69 Å². The van der Waals surface area contributed by atoms with Gasteiger partial charge in [-0.2, -0.15) is 0 Å². The van der Waals surface area contributed by atoms with Gasteiger partial charge in [-0.15, -0.1) is 11.3 Å². The van der Waals surface area contributed by atoms with Crippen molar-refractivity contribution in [3.63, 3.8) is 0 Å². The lowest BCUT2D eigenvalue weighted by Crippen LogP contribution is -2.41. The van der Waals surface area contributed by atoms with E-state index in [2.05, 4.69) is 9.88 Å². The Kier molecular flexibility index (Phi) is 6.26. The van der Waals surface area contributed by atoms with Gasteiger partial charge >= 0.3 is 0 Å². The number of carbonyl (C=O) groups is 3. The number of imide groups is 1. The molecule has 11 nitrogen and oxygen atoms in total. The molecule has 0 saturated carbocycles. The van der Waals surface area contributed by atoms with Crippen LogP contribution >= 0.6 is 11.3 Å². The number of likely N-dealkylation sites (N-methyl/N-ethyl adjacent to an activating group) is 1. The first-order chi connectivity index (χ1) is 15.3. The summed E-state index contributed by atoms with van der Waals surface area (Å²) < 4.78 is 5.34. The number of amides is 3. The van der Waals surface area contributed by atoms with Gasteiger partial charge < -0.3 is 9.64 Å². The maximum atomic E-state index is 12.7. The molecular formula is C20H21N5O6S. The summed E-state index contributed by atoms with van der Waals surface area (Å²) in [5, 5.41) is 13.8. The van der Waals surface area contributed by atoms with E-state index >= 15 is 0 Å². The molecule has 2 aliphatic heterocycles. The molecule has 0 bridgehead atoms. The largest absolute Gasteiger partial charge is 0.379 e. The van der Waals surface area contributed by atoms with E-state index in [9.17, 15) is 24.5 Å². The molecule has 0 atom stereocenters. The van der Waals surface area contributed by atoms with E-state index in [0.29, 0.717) is 13.2 Å². The van der Waals surface area contributed by atoms with E-state index in [0.717, 1.165) is 47.4 Å². The second-order valence-corrected chi connectivity index (χ2v) is 8.50. The molecule has 1 aromatic carbocycles. The summed E-state index contributed by atoms with van der Waals surface area (Å²) in [5.74, 6) is -1.78. The van der Waals surface area contributed by atoms with E-state index in [4.69, 9.17) is 4.74 Å². The molecule has 12 heteroatoms. The van der Waals surface area contributed by atoms with Crippen molar-refractivity contribution in [1.29, 1.82) is 0 Å². The average Bonchev–Trinajstić information content (AvgIpc) is 3.31. The molecule has 1 fully saturated rings. The van der Waals surface area contributed by atoms with Crippen LogP contribution in [0.5, 0.6) is 0 Å². The number of nitrogens with zero attached hydrogens (tertiary/aromatic N) is 5. The van der Waals surface area contributed by atoms with Crippen molar-refractivity contribution in [3.05, 3.63) is 55.5 Å². The van der Waals surface area contributed by atoms with Crippen molar-refractivity contribution in [2.24, 2.45) is 0 Å². The minimum atomic E-state index is -0.711. The lowest BCUT2D eigenvalue weighted by molar-refractivity contribution is -0.384. The molecule has 0 N–H and O–H groups in total. The molecule has 0 aliphatic carbocycles. The van der Waals surface area contributed by atoms with Crippen molar-refractivity contribution < 1.29 is 24.0 Å². The minimum Gasteiger partial charge on any atom is -0.379 e. The number of aromatic nitrogens is 1. The van der Waals surface area contributed by atoms with Crippen molar-refractivity contribution in [2.45, 2.75) is 13.1 Å². The fourth-order valence-corrected chi connectivity index (χ4v) is 4.39. The smallest absolute Gasteiger partial charge is 0.270 e. The Morgan fingerprint density at radius 1 is 1.25 bits per heavy atom.